The number of benzene rings is 4. The van der Waals surface area contributed by atoms with E-state index in [0.717, 1.165) is 23.3 Å². The maximum Gasteiger partial charge on any atom is 1.00 e. The molecule has 4 N–H and O–H groups in total. The number of azo groups is 1. The van der Waals surface area contributed by atoms with Crippen molar-refractivity contribution in [2.45, 2.75) is 23.6 Å². The second-order valence-corrected chi connectivity index (χ2v) is 11.7. The Bertz CT molecular complexity index is 1810. The first-order chi connectivity index (χ1) is 17.3. The molecule has 0 bridgehead atoms. The van der Waals surface area contributed by atoms with Crippen molar-refractivity contribution in [3.63, 3.8) is 0 Å². The van der Waals surface area contributed by atoms with E-state index >= 15 is 0 Å². The van der Waals surface area contributed by atoms with Crippen molar-refractivity contribution >= 4 is 65.3 Å². The first kappa shape index (κ1) is 29.8. The molecule has 4 rings (SSSR count). The van der Waals surface area contributed by atoms with E-state index in [1.54, 1.807) is 19.1 Å². The number of nitrogens with zero attached hydrogens (tertiary/aromatic N) is 2. The van der Waals surface area contributed by atoms with E-state index in [9.17, 15) is 26.5 Å². The Balaban J connectivity index is 0.00000400. The van der Waals surface area contributed by atoms with Gasteiger partial charge in [-0.2, -0.15) is 13.5 Å². The molecule has 0 amide bonds. The number of nitrogens with one attached hydrogen (secondary N) is 1. The van der Waals surface area contributed by atoms with Crippen LogP contribution in [0.2, 0.25) is 5.02 Å². The SMILES string of the molecule is Cc1ccc(NS(=O)(=O)c2cc(N=Nc3c(N)ccc4cc(S(=O)(=O)O)cc([O-])c34)ccc2Cl)c(C)c1.[Na+]. The van der Waals surface area contributed by atoms with Crippen molar-refractivity contribution < 1.29 is 56.1 Å². The molecule has 192 valence electrons. The van der Waals surface area contributed by atoms with Crippen LogP contribution in [0, 0.1) is 13.8 Å². The van der Waals surface area contributed by atoms with Crippen molar-refractivity contribution in [3.05, 3.63) is 76.8 Å². The van der Waals surface area contributed by atoms with E-state index in [-0.39, 0.29) is 67.3 Å². The van der Waals surface area contributed by atoms with E-state index in [0.29, 0.717) is 5.69 Å². The Morgan fingerprint density at radius 2 is 1.66 bits per heavy atom. The molecule has 4 aromatic carbocycles. The largest absolute Gasteiger partial charge is 1.00 e. The van der Waals surface area contributed by atoms with Gasteiger partial charge in [0.15, 0.2) is 0 Å². The van der Waals surface area contributed by atoms with Crippen LogP contribution in [0.3, 0.4) is 0 Å². The second kappa shape index (κ2) is 11.2. The third-order valence-electron chi connectivity index (χ3n) is 5.45. The smallest absolute Gasteiger partial charge is 0.872 e. The summed E-state index contributed by atoms with van der Waals surface area (Å²) in [7, 11) is -8.70. The Labute approximate surface area is 246 Å². The average Bonchev–Trinajstić information content (AvgIpc) is 2.80. The topological polar surface area (TPSA) is 174 Å². The second-order valence-electron chi connectivity index (χ2n) is 8.24. The van der Waals surface area contributed by atoms with Gasteiger partial charge in [0.25, 0.3) is 20.1 Å². The molecule has 10 nitrogen and oxygen atoms in total. The summed E-state index contributed by atoms with van der Waals surface area (Å²) in [4.78, 5) is -0.805. The number of halogens is 1. The van der Waals surface area contributed by atoms with E-state index in [2.05, 4.69) is 15.0 Å². The van der Waals surface area contributed by atoms with Gasteiger partial charge in [0.05, 0.1) is 27.0 Å². The molecule has 0 atom stereocenters. The molecule has 0 heterocycles. The minimum atomic E-state index is -4.61. The zero-order valence-corrected chi connectivity index (χ0v) is 24.8. The third kappa shape index (κ3) is 6.29. The van der Waals surface area contributed by atoms with E-state index in [4.69, 9.17) is 17.3 Å². The van der Waals surface area contributed by atoms with Crippen LogP contribution in [0.1, 0.15) is 11.1 Å². The van der Waals surface area contributed by atoms with Crippen molar-refractivity contribution in [1.29, 1.82) is 0 Å². The first-order valence-corrected chi connectivity index (χ1v) is 13.9. The van der Waals surface area contributed by atoms with Crippen molar-refractivity contribution in [2.75, 3.05) is 10.5 Å². The van der Waals surface area contributed by atoms with Gasteiger partial charge in [-0.3, -0.25) is 9.27 Å². The number of nitrogen functional groups attached to an aromatic ring is 1. The van der Waals surface area contributed by atoms with Gasteiger partial charge in [-0.15, -0.1) is 5.11 Å². The standard InChI is InChI=1S/C24H21ClN4O6S2.Na/c1-13-3-8-20(14(2)9-13)29-36(31,32)22-11-16(5-6-18(22)25)27-28-24-19(26)7-4-15-10-17(37(33,34)35)12-21(30)23(15)24;/h3-12,29-30H,26H2,1-2H3,(H,33,34,35);/q;+1/p-1. The normalized spacial score (nSPS) is 12.0. The van der Waals surface area contributed by atoms with E-state index in [1.807, 2.05) is 13.0 Å². The number of aryl methyl sites for hydroxylation is 2. The fraction of sp³-hybridized carbons (Fsp3) is 0.0833. The number of hydrogen-bond acceptors (Lipinski definition) is 8. The molecule has 0 aliphatic carbocycles. The van der Waals surface area contributed by atoms with Crippen molar-refractivity contribution in [3.8, 4) is 5.75 Å². The minimum absolute atomic E-state index is 0. The zero-order valence-electron chi connectivity index (χ0n) is 20.4. The Morgan fingerprint density at radius 1 is 0.947 bits per heavy atom. The number of nitrogens with two attached hydrogens (primary N) is 1. The van der Waals surface area contributed by atoms with Crippen LogP contribution < -0.4 is 45.1 Å². The van der Waals surface area contributed by atoms with Crippen LogP contribution in [0.5, 0.6) is 5.75 Å². The molecule has 0 aromatic heterocycles. The predicted molar refractivity (Wildman–Crippen MR) is 140 cm³/mol. The molecule has 0 aliphatic rings. The number of anilines is 2. The number of fused-ring (bicyclic) bond motifs is 1. The van der Waals surface area contributed by atoms with Gasteiger partial charge in [0.1, 0.15) is 10.6 Å². The maximum atomic E-state index is 13.1. The van der Waals surface area contributed by atoms with E-state index < -0.39 is 30.8 Å². The van der Waals surface area contributed by atoms with Crippen LogP contribution in [-0.2, 0) is 20.1 Å². The zero-order chi connectivity index (χ0) is 27.1. The van der Waals surface area contributed by atoms with Gasteiger partial charge in [0.2, 0.25) is 0 Å². The summed E-state index contributed by atoms with van der Waals surface area (Å²) in [5.41, 5.74) is 8.22. The van der Waals surface area contributed by atoms with Crippen LogP contribution in [0.4, 0.5) is 22.7 Å². The van der Waals surface area contributed by atoms with Gasteiger partial charge in [0, 0.05) is 5.39 Å². The molecule has 0 spiro atoms. The molecule has 0 saturated heterocycles. The summed E-state index contributed by atoms with van der Waals surface area (Å²) in [6, 6.07) is 13.9. The van der Waals surface area contributed by atoms with Crippen molar-refractivity contribution in [1.82, 2.24) is 0 Å². The molecule has 0 saturated carbocycles. The number of hydrogen-bond donors (Lipinski definition) is 3. The first-order valence-electron chi connectivity index (χ1n) is 10.6. The van der Waals surface area contributed by atoms with Gasteiger partial charge < -0.3 is 10.8 Å². The minimum Gasteiger partial charge on any atom is -0.872 e. The molecule has 0 aliphatic heterocycles. The van der Waals surface area contributed by atoms with Crippen LogP contribution >= 0.6 is 11.6 Å². The summed E-state index contributed by atoms with van der Waals surface area (Å²) in [5.74, 6) is -0.747. The summed E-state index contributed by atoms with van der Waals surface area (Å²) >= 11 is 6.18. The fourth-order valence-corrected chi connectivity index (χ4v) is 5.83. The monoisotopic (exact) mass is 582 g/mol. The Hall–Kier alpha value is -2.71. The summed E-state index contributed by atoms with van der Waals surface area (Å²) < 4.78 is 60.9. The molecule has 14 heteroatoms. The summed E-state index contributed by atoms with van der Waals surface area (Å²) in [5, 5.41) is 20.8. The van der Waals surface area contributed by atoms with Gasteiger partial charge >= 0.3 is 29.6 Å². The van der Waals surface area contributed by atoms with Gasteiger partial charge in [-0.05, 0) is 67.3 Å². The summed E-state index contributed by atoms with van der Waals surface area (Å²) in [6.07, 6.45) is 0. The van der Waals surface area contributed by atoms with Gasteiger partial charge in [-0.25, -0.2) is 8.42 Å². The van der Waals surface area contributed by atoms with Crippen LogP contribution in [-0.4, -0.2) is 21.4 Å². The van der Waals surface area contributed by atoms with E-state index in [1.165, 1.54) is 30.3 Å². The Kier molecular flexibility index (Phi) is 8.78. The summed E-state index contributed by atoms with van der Waals surface area (Å²) in [6.45, 7) is 3.66. The fourth-order valence-electron chi connectivity index (χ4n) is 3.65. The quantitative estimate of drug-likeness (QED) is 0.135. The predicted octanol–water partition coefficient (Wildman–Crippen LogP) is 2.23. The van der Waals surface area contributed by atoms with Gasteiger partial charge in [-0.1, -0.05) is 41.1 Å². The third-order valence-corrected chi connectivity index (χ3v) is 8.13. The molecule has 38 heavy (non-hydrogen) atoms. The Morgan fingerprint density at radius 3 is 2.32 bits per heavy atom. The number of sulfonamides is 1. The maximum absolute atomic E-state index is 13.1. The molecule has 0 unspecified atom stereocenters. The number of rotatable bonds is 6. The molecule has 4 aromatic rings. The van der Waals surface area contributed by atoms with Crippen LogP contribution in [0.25, 0.3) is 10.8 Å². The molecule has 0 fully saturated rings. The molecular formula is C24H20ClN4NaO6S2. The average molecular weight is 583 g/mol. The van der Waals surface area contributed by atoms with Crippen LogP contribution in [0.15, 0.2) is 80.7 Å². The van der Waals surface area contributed by atoms with Crippen molar-refractivity contribution in [2.24, 2.45) is 10.2 Å². The molecular weight excluding hydrogens is 563 g/mol. The molecule has 0 radical (unpaired) electrons.